The summed E-state index contributed by atoms with van der Waals surface area (Å²) in [6.45, 7) is 13.0. The molecule has 0 heterocycles. The van der Waals surface area contributed by atoms with Gasteiger partial charge in [-0.25, -0.2) is 0 Å². The molecule has 0 saturated heterocycles. The maximum Gasteiger partial charge on any atom is 0.0719 e. The maximum absolute atomic E-state index is 11.0. The number of hydrogen-bond donors (Lipinski definition) is 1. The highest BCUT2D eigenvalue weighted by Crippen LogP contribution is 2.51. The lowest BCUT2D eigenvalue weighted by Gasteiger charge is -2.51. The Labute approximate surface area is 152 Å². The molecule has 1 N–H and O–H groups in total. The van der Waals surface area contributed by atoms with Gasteiger partial charge in [-0.15, -0.1) is 0 Å². The largest absolute Gasteiger partial charge is 0.389 e. The summed E-state index contributed by atoms with van der Waals surface area (Å²) < 4.78 is 0. The van der Waals surface area contributed by atoms with Crippen LogP contribution in [0.2, 0.25) is 0 Å². The van der Waals surface area contributed by atoms with Crippen LogP contribution in [-0.4, -0.2) is 10.7 Å². The molecule has 25 heavy (non-hydrogen) atoms. The van der Waals surface area contributed by atoms with E-state index in [2.05, 4.69) is 83.2 Å². The SMILES string of the molecule is C/C(=C\c1ccccc1)c1ccc2c(c1)C(C)(C)CC(C)(O)C2(C)C. The van der Waals surface area contributed by atoms with Crippen LogP contribution >= 0.6 is 0 Å². The minimum absolute atomic E-state index is 0.0443. The zero-order chi connectivity index (χ0) is 18.5. The van der Waals surface area contributed by atoms with E-state index in [1.807, 2.05) is 13.0 Å². The van der Waals surface area contributed by atoms with E-state index in [4.69, 9.17) is 0 Å². The van der Waals surface area contributed by atoms with Gasteiger partial charge in [0.1, 0.15) is 0 Å². The molecule has 0 radical (unpaired) electrons. The standard InChI is InChI=1S/C24H30O/c1-17(14-18-10-8-7-9-11-18)19-12-13-20-21(15-19)22(2,3)16-24(6,25)23(20,4)5/h7-15,25H,16H2,1-6H3/b17-14+. The monoisotopic (exact) mass is 334 g/mol. The van der Waals surface area contributed by atoms with Crippen molar-refractivity contribution < 1.29 is 5.11 Å². The summed E-state index contributed by atoms with van der Waals surface area (Å²) in [4.78, 5) is 0. The fraction of sp³-hybridized carbons (Fsp3) is 0.417. The average Bonchev–Trinajstić information content (AvgIpc) is 2.53. The van der Waals surface area contributed by atoms with Gasteiger partial charge in [-0.2, -0.15) is 0 Å². The van der Waals surface area contributed by atoms with Crippen LogP contribution in [0.3, 0.4) is 0 Å². The summed E-state index contributed by atoms with van der Waals surface area (Å²) >= 11 is 0. The van der Waals surface area contributed by atoms with Crippen molar-refractivity contribution in [2.75, 3.05) is 0 Å². The Morgan fingerprint density at radius 2 is 1.56 bits per heavy atom. The van der Waals surface area contributed by atoms with Gasteiger partial charge in [-0.05, 0) is 53.5 Å². The van der Waals surface area contributed by atoms with Crippen molar-refractivity contribution in [3.63, 3.8) is 0 Å². The number of hydrogen-bond acceptors (Lipinski definition) is 1. The Balaban J connectivity index is 2.10. The van der Waals surface area contributed by atoms with Gasteiger partial charge in [0.2, 0.25) is 0 Å². The quantitative estimate of drug-likeness (QED) is 0.672. The Morgan fingerprint density at radius 1 is 0.920 bits per heavy atom. The van der Waals surface area contributed by atoms with E-state index < -0.39 is 5.60 Å². The second-order valence-electron chi connectivity index (χ2n) is 8.96. The molecule has 1 heteroatoms. The Kier molecular flexibility index (Phi) is 4.20. The third kappa shape index (κ3) is 3.06. The van der Waals surface area contributed by atoms with Gasteiger partial charge >= 0.3 is 0 Å². The zero-order valence-corrected chi connectivity index (χ0v) is 16.4. The number of fused-ring (bicyclic) bond motifs is 1. The van der Waals surface area contributed by atoms with Gasteiger partial charge in [0.15, 0.2) is 0 Å². The summed E-state index contributed by atoms with van der Waals surface area (Å²) in [6.07, 6.45) is 3.00. The van der Waals surface area contributed by atoms with E-state index >= 15 is 0 Å². The molecule has 1 unspecified atom stereocenters. The van der Waals surface area contributed by atoms with E-state index in [9.17, 15) is 5.11 Å². The number of allylic oxidation sites excluding steroid dienone is 1. The summed E-state index contributed by atoms with van der Waals surface area (Å²) in [5.74, 6) is 0. The van der Waals surface area contributed by atoms with Gasteiger partial charge < -0.3 is 5.11 Å². The van der Waals surface area contributed by atoms with Crippen LogP contribution < -0.4 is 0 Å². The van der Waals surface area contributed by atoms with E-state index in [0.29, 0.717) is 0 Å². The molecule has 132 valence electrons. The average molecular weight is 335 g/mol. The number of benzene rings is 2. The normalized spacial score (nSPS) is 24.7. The number of rotatable bonds is 2. The summed E-state index contributed by atoms with van der Waals surface area (Å²) in [6, 6.07) is 17.2. The van der Waals surface area contributed by atoms with Crippen LogP contribution in [-0.2, 0) is 10.8 Å². The zero-order valence-electron chi connectivity index (χ0n) is 16.4. The van der Waals surface area contributed by atoms with E-state index in [0.717, 1.165) is 6.42 Å². The van der Waals surface area contributed by atoms with Crippen molar-refractivity contribution in [2.24, 2.45) is 0 Å². The first-order valence-corrected chi connectivity index (χ1v) is 9.16. The Hall–Kier alpha value is -1.86. The van der Waals surface area contributed by atoms with Crippen molar-refractivity contribution in [1.29, 1.82) is 0 Å². The predicted octanol–water partition coefficient (Wildman–Crippen LogP) is 5.96. The lowest BCUT2D eigenvalue weighted by Crippen LogP contribution is -2.53. The van der Waals surface area contributed by atoms with Crippen LogP contribution in [0.4, 0.5) is 0 Å². The first-order chi connectivity index (χ1) is 11.5. The molecule has 2 aromatic carbocycles. The van der Waals surface area contributed by atoms with Crippen molar-refractivity contribution in [2.45, 2.75) is 64.4 Å². The highest BCUT2D eigenvalue weighted by atomic mass is 16.3. The van der Waals surface area contributed by atoms with Crippen molar-refractivity contribution in [3.8, 4) is 0 Å². The van der Waals surface area contributed by atoms with Crippen molar-refractivity contribution in [1.82, 2.24) is 0 Å². The van der Waals surface area contributed by atoms with Crippen LogP contribution in [0.5, 0.6) is 0 Å². The first-order valence-electron chi connectivity index (χ1n) is 9.16. The second kappa shape index (κ2) is 5.85. The lowest BCUT2D eigenvalue weighted by atomic mass is 9.56. The molecule has 1 nitrogen and oxygen atoms in total. The van der Waals surface area contributed by atoms with Crippen LogP contribution in [0.15, 0.2) is 48.5 Å². The van der Waals surface area contributed by atoms with Crippen LogP contribution in [0.1, 0.15) is 70.2 Å². The molecule has 0 fully saturated rings. The van der Waals surface area contributed by atoms with Gasteiger partial charge in [-0.1, -0.05) is 82.3 Å². The molecular weight excluding hydrogens is 304 g/mol. The maximum atomic E-state index is 11.0. The number of aliphatic hydroxyl groups is 1. The van der Waals surface area contributed by atoms with E-state index in [1.165, 1.54) is 27.8 Å². The summed E-state index contributed by atoms with van der Waals surface area (Å²) in [5.41, 5.74) is 5.37. The summed E-state index contributed by atoms with van der Waals surface area (Å²) in [5, 5.41) is 11.0. The Morgan fingerprint density at radius 3 is 2.20 bits per heavy atom. The molecule has 1 atom stereocenters. The molecule has 1 aliphatic carbocycles. The van der Waals surface area contributed by atoms with Gasteiger partial charge in [-0.3, -0.25) is 0 Å². The third-order valence-corrected chi connectivity index (χ3v) is 6.19. The smallest absolute Gasteiger partial charge is 0.0719 e. The second-order valence-corrected chi connectivity index (χ2v) is 8.96. The topological polar surface area (TPSA) is 20.2 Å². The highest BCUT2D eigenvalue weighted by molar-refractivity contribution is 5.80. The molecule has 3 rings (SSSR count). The predicted molar refractivity (Wildman–Crippen MR) is 108 cm³/mol. The van der Waals surface area contributed by atoms with Gasteiger partial charge in [0.05, 0.1) is 5.60 Å². The fourth-order valence-electron chi connectivity index (χ4n) is 4.24. The van der Waals surface area contributed by atoms with Gasteiger partial charge in [0.25, 0.3) is 0 Å². The molecule has 0 spiro atoms. The highest BCUT2D eigenvalue weighted by Gasteiger charge is 2.50. The molecule has 1 aliphatic rings. The van der Waals surface area contributed by atoms with Crippen molar-refractivity contribution >= 4 is 11.6 Å². The van der Waals surface area contributed by atoms with Crippen LogP contribution in [0, 0.1) is 0 Å². The Bertz CT molecular complexity index is 807. The van der Waals surface area contributed by atoms with Crippen LogP contribution in [0.25, 0.3) is 11.6 Å². The van der Waals surface area contributed by atoms with E-state index in [-0.39, 0.29) is 10.8 Å². The molecule has 0 saturated carbocycles. The molecule has 2 aromatic rings. The summed E-state index contributed by atoms with van der Waals surface area (Å²) in [7, 11) is 0. The first kappa shape index (κ1) is 17.9. The van der Waals surface area contributed by atoms with E-state index in [1.54, 1.807) is 0 Å². The molecule has 0 aromatic heterocycles. The molecule has 0 aliphatic heterocycles. The minimum atomic E-state index is -0.708. The lowest BCUT2D eigenvalue weighted by molar-refractivity contribution is -0.0421. The molecule has 0 amide bonds. The van der Waals surface area contributed by atoms with Crippen molar-refractivity contribution in [3.05, 3.63) is 70.8 Å². The minimum Gasteiger partial charge on any atom is -0.389 e. The molecular formula is C24H30O. The third-order valence-electron chi connectivity index (χ3n) is 6.19. The molecule has 0 bridgehead atoms. The fourth-order valence-corrected chi connectivity index (χ4v) is 4.24. The van der Waals surface area contributed by atoms with Gasteiger partial charge in [0, 0.05) is 5.41 Å².